The number of hydrogen-bond donors (Lipinski definition) is 0. The molecule has 6 heteroatoms. The fraction of sp³-hybridized carbons (Fsp3) is 1.00. The molecule has 5 nitrogen and oxygen atoms in total. The zero-order chi connectivity index (χ0) is 11.5. The third-order valence-electron chi connectivity index (χ3n) is 2.64. The Morgan fingerprint density at radius 3 is 2.20 bits per heavy atom. The largest absolute Gasteiger partial charge is 0.345 e. The summed E-state index contributed by atoms with van der Waals surface area (Å²) >= 11 is 0. The highest BCUT2D eigenvalue weighted by Gasteiger charge is 2.35. The normalized spacial score (nSPS) is 24.3. The average Bonchev–Trinajstić information content (AvgIpc) is 2.18. The van der Waals surface area contributed by atoms with E-state index in [-0.39, 0.29) is 0 Å². The summed E-state index contributed by atoms with van der Waals surface area (Å²) in [5, 5.41) is 0. The summed E-state index contributed by atoms with van der Waals surface area (Å²) in [6.07, 6.45) is 0. The summed E-state index contributed by atoms with van der Waals surface area (Å²) in [5.41, 5.74) is 0. The number of likely N-dealkylation sites (N-methyl/N-ethyl adjacent to an activating group) is 1. The molecule has 0 radical (unpaired) electrons. The van der Waals surface area contributed by atoms with E-state index in [4.69, 9.17) is 4.52 Å². The van der Waals surface area contributed by atoms with Crippen molar-refractivity contribution in [2.75, 3.05) is 53.9 Å². The minimum atomic E-state index is -2.75. The minimum absolute atomic E-state index is 0.488. The number of piperazine rings is 1. The highest BCUT2D eigenvalue weighted by atomic mass is 31.2. The van der Waals surface area contributed by atoms with Crippen LogP contribution in [0.2, 0.25) is 0 Å². The van der Waals surface area contributed by atoms with E-state index in [0.717, 1.165) is 26.2 Å². The topological polar surface area (TPSA) is 36.0 Å². The summed E-state index contributed by atoms with van der Waals surface area (Å²) in [5.74, 6) is 0. The van der Waals surface area contributed by atoms with Crippen LogP contribution in [0.1, 0.15) is 6.92 Å². The average molecular weight is 235 g/mol. The lowest BCUT2D eigenvalue weighted by Gasteiger charge is -2.39. The molecule has 1 rings (SSSR count). The maximum absolute atomic E-state index is 12.6. The molecule has 0 aromatic carbocycles. The molecule has 90 valence electrons. The molecule has 1 aliphatic rings. The third kappa shape index (κ3) is 3.02. The SMILES string of the molecule is CCOP(=O)(N(C)C)N1CCN(C)CC1. The van der Waals surface area contributed by atoms with Gasteiger partial charge in [-0.2, -0.15) is 0 Å². The van der Waals surface area contributed by atoms with Crippen molar-refractivity contribution >= 4 is 7.67 Å². The summed E-state index contributed by atoms with van der Waals surface area (Å²) in [6, 6.07) is 0. The van der Waals surface area contributed by atoms with Crippen molar-refractivity contribution in [2.45, 2.75) is 6.92 Å². The fourth-order valence-electron chi connectivity index (χ4n) is 1.67. The lowest BCUT2D eigenvalue weighted by Crippen LogP contribution is -2.44. The molecule has 0 spiro atoms. The van der Waals surface area contributed by atoms with Crippen LogP contribution < -0.4 is 0 Å². The van der Waals surface area contributed by atoms with Gasteiger partial charge in [-0.15, -0.1) is 0 Å². The van der Waals surface area contributed by atoms with Gasteiger partial charge in [0.25, 0.3) is 0 Å². The lowest BCUT2D eigenvalue weighted by molar-refractivity contribution is 0.174. The van der Waals surface area contributed by atoms with E-state index in [2.05, 4.69) is 11.9 Å². The van der Waals surface area contributed by atoms with Gasteiger partial charge in [0.05, 0.1) is 6.61 Å². The summed E-state index contributed by atoms with van der Waals surface area (Å²) in [6.45, 7) is 5.89. The molecule has 15 heavy (non-hydrogen) atoms. The molecule has 1 heterocycles. The Bertz CT molecular complexity index is 240. The van der Waals surface area contributed by atoms with E-state index in [1.54, 1.807) is 4.67 Å². The summed E-state index contributed by atoms with van der Waals surface area (Å²) in [7, 11) is 2.96. The fourth-order valence-corrected chi connectivity index (χ4v) is 3.59. The maximum atomic E-state index is 12.6. The Kier molecular flexibility index (Phi) is 4.74. The van der Waals surface area contributed by atoms with Crippen LogP contribution in [0.15, 0.2) is 0 Å². The zero-order valence-electron chi connectivity index (χ0n) is 10.1. The van der Waals surface area contributed by atoms with Gasteiger partial charge in [0, 0.05) is 26.2 Å². The van der Waals surface area contributed by atoms with Crippen molar-refractivity contribution < 1.29 is 9.09 Å². The highest BCUT2D eigenvalue weighted by molar-refractivity contribution is 7.53. The first kappa shape index (κ1) is 13.1. The van der Waals surface area contributed by atoms with Crippen molar-refractivity contribution in [3.05, 3.63) is 0 Å². The van der Waals surface area contributed by atoms with Gasteiger partial charge in [0.2, 0.25) is 0 Å². The lowest BCUT2D eigenvalue weighted by atomic mass is 10.4. The molecule has 0 bridgehead atoms. The van der Waals surface area contributed by atoms with Crippen molar-refractivity contribution in [1.29, 1.82) is 0 Å². The van der Waals surface area contributed by atoms with Gasteiger partial charge in [0.15, 0.2) is 0 Å². The van der Waals surface area contributed by atoms with Crippen molar-refractivity contribution in [2.24, 2.45) is 0 Å². The highest BCUT2D eigenvalue weighted by Crippen LogP contribution is 2.52. The maximum Gasteiger partial charge on any atom is 0.345 e. The minimum Gasteiger partial charge on any atom is -0.306 e. The molecule has 1 aliphatic heterocycles. The van der Waals surface area contributed by atoms with E-state index in [0.29, 0.717) is 6.61 Å². The smallest absolute Gasteiger partial charge is 0.306 e. The quantitative estimate of drug-likeness (QED) is 0.678. The second-order valence-electron chi connectivity index (χ2n) is 4.01. The van der Waals surface area contributed by atoms with Gasteiger partial charge in [-0.3, -0.25) is 4.57 Å². The molecule has 0 saturated carbocycles. The molecule has 0 aliphatic carbocycles. The van der Waals surface area contributed by atoms with Crippen molar-refractivity contribution in [3.63, 3.8) is 0 Å². The van der Waals surface area contributed by atoms with Gasteiger partial charge < -0.3 is 9.42 Å². The van der Waals surface area contributed by atoms with E-state index in [1.807, 2.05) is 25.7 Å². The van der Waals surface area contributed by atoms with E-state index in [1.165, 1.54) is 0 Å². The Hall–Kier alpha value is 0.0700. The molecule has 0 aromatic rings. The molecule has 0 aromatic heterocycles. The predicted molar refractivity (Wildman–Crippen MR) is 62.0 cm³/mol. The van der Waals surface area contributed by atoms with Gasteiger partial charge in [-0.1, -0.05) is 0 Å². The van der Waals surface area contributed by atoms with Crippen LogP contribution in [0.3, 0.4) is 0 Å². The summed E-state index contributed by atoms with van der Waals surface area (Å²) < 4.78 is 21.7. The van der Waals surface area contributed by atoms with E-state index in [9.17, 15) is 4.57 Å². The predicted octanol–water partition coefficient (Wildman–Crippen LogP) is 0.940. The Morgan fingerprint density at radius 1 is 1.27 bits per heavy atom. The number of nitrogens with zero attached hydrogens (tertiary/aromatic N) is 3. The van der Waals surface area contributed by atoms with Gasteiger partial charge in [-0.05, 0) is 28.1 Å². The van der Waals surface area contributed by atoms with E-state index >= 15 is 0 Å². The monoisotopic (exact) mass is 235 g/mol. The van der Waals surface area contributed by atoms with Gasteiger partial charge in [-0.25, -0.2) is 9.34 Å². The molecule has 0 amide bonds. The molecule has 1 fully saturated rings. The summed E-state index contributed by atoms with van der Waals surface area (Å²) in [4.78, 5) is 2.24. The first-order valence-electron chi connectivity index (χ1n) is 5.37. The van der Waals surface area contributed by atoms with Gasteiger partial charge >= 0.3 is 7.67 Å². The number of hydrogen-bond acceptors (Lipinski definition) is 3. The standard InChI is InChI=1S/C9H22N3O2P/c1-5-14-15(13,10(2)3)12-8-6-11(4)7-9-12/h5-9H2,1-4H3. The van der Waals surface area contributed by atoms with Crippen LogP contribution in [0.25, 0.3) is 0 Å². The number of rotatable bonds is 4. The first-order chi connectivity index (χ1) is 7.00. The second kappa shape index (κ2) is 5.41. The van der Waals surface area contributed by atoms with Crippen molar-refractivity contribution in [3.8, 4) is 0 Å². The van der Waals surface area contributed by atoms with Crippen LogP contribution in [-0.4, -0.2) is 68.2 Å². The third-order valence-corrected chi connectivity index (χ3v) is 5.36. The zero-order valence-corrected chi connectivity index (χ0v) is 11.0. The second-order valence-corrected chi connectivity index (χ2v) is 6.62. The van der Waals surface area contributed by atoms with Crippen molar-refractivity contribution in [1.82, 2.24) is 14.2 Å². The first-order valence-corrected chi connectivity index (χ1v) is 6.90. The van der Waals surface area contributed by atoms with Crippen LogP contribution in [0, 0.1) is 0 Å². The molecule has 1 saturated heterocycles. The van der Waals surface area contributed by atoms with Crippen LogP contribution in [0.5, 0.6) is 0 Å². The molecule has 1 unspecified atom stereocenters. The molecule has 1 atom stereocenters. The Morgan fingerprint density at radius 2 is 1.80 bits per heavy atom. The Balaban J connectivity index is 2.68. The molecule has 0 N–H and O–H groups in total. The van der Waals surface area contributed by atoms with Gasteiger partial charge in [0.1, 0.15) is 0 Å². The van der Waals surface area contributed by atoms with Crippen LogP contribution in [-0.2, 0) is 9.09 Å². The van der Waals surface area contributed by atoms with Crippen LogP contribution >= 0.6 is 7.67 Å². The Labute approximate surface area is 92.5 Å². The van der Waals surface area contributed by atoms with E-state index < -0.39 is 7.67 Å². The molecular formula is C9H22N3O2P. The van der Waals surface area contributed by atoms with Crippen LogP contribution in [0.4, 0.5) is 0 Å². The molecular weight excluding hydrogens is 213 g/mol.